The second-order valence-corrected chi connectivity index (χ2v) is 6.35. The third-order valence-corrected chi connectivity index (χ3v) is 4.69. The molecule has 1 fully saturated rings. The number of Topliss-reactive ketones (excluding diaryl/α,β-unsaturated/α-hetero) is 1. The van der Waals surface area contributed by atoms with Crippen molar-refractivity contribution in [2.24, 2.45) is 5.92 Å². The van der Waals surface area contributed by atoms with Crippen molar-refractivity contribution < 1.29 is 19.4 Å². The average Bonchev–Trinajstić information content (AvgIpc) is 2.52. The number of ether oxygens (including phenoxy) is 1. The number of hydrogen-bond acceptors (Lipinski definition) is 4. The van der Waals surface area contributed by atoms with Crippen LogP contribution in [0, 0.1) is 19.8 Å². The average molecular weight is 319 g/mol. The van der Waals surface area contributed by atoms with Gasteiger partial charge < -0.3 is 9.84 Å². The van der Waals surface area contributed by atoms with Crippen molar-refractivity contribution in [1.29, 1.82) is 0 Å². The molecule has 5 heteroatoms. The number of methoxy groups -OCH3 is 1. The SMILES string of the molecule is COc1c(C)cc(C)cc1C(=O)C(C)N1CCC(C(=O)O)CC1. The summed E-state index contributed by atoms with van der Waals surface area (Å²) in [5.41, 5.74) is 2.59. The molecule has 1 unspecified atom stereocenters. The van der Waals surface area contributed by atoms with Crippen molar-refractivity contribution in [1.82, 2.24) is 4.90 Å². The predicted octanol–water partition coefficient (Wildman–Crippen LogP) is 2.68. The van der Waals surface area contributed by atoms with Crippen molar-refractivity contribution in [2.75, 3.05) is 20.2 Å². The number of ketones is 1. The number of aliphatic carboxylic acids is 1. The van der Waals surface area contributed by atoms with E-state index in [1.54, 1.807) is 7.11 Å². The van der Waals surface area contributed by atoms with Crippen LogP contribution in [0.15, 0.2) is 12.1 Å². The van der Waals surface area contributed by atoms with Crippen LogP contribution in [0.1, 0.15) is 41.3 Å². The van der Waals surface area contributed by atoms with Crippen LogP contribution in [0.4, 0.5) is 0 Å². The Kier molecular flexibility index (Phi) is 5.42. The van der Waals surface area contributed by atoms with Crippen LogP contribution in [0.2, 0.25) is 0 Å². The van der Waals surface area contributed by atoms with Gasteiger partial charge in [-0.25, -0.2) is 0 Å². The summed E-state index contributed by atoms with van der Waals surface area (Å²) in [6.07, 6.45) is 1.19. The molecular formula is C18H25NO4. The molecule has 0 amide bonds. The fourth-order valence-corrected chi connectivity index (χ4v) is 3.33. The van der Waals surface area contributed by atoms with Crippen molar-refractivity contribution in [3.63, 3.8) is 0 Å². The minimum absolute atomic E-state index is 0.0300. The molecule has 1 aromatic rings. The number of carboxylic acid groups (broad SMARTS) is 1. The van der Waals surface area contributed by atoms with Gasteiger partial charge in [-0.3, -0.25) is 14.5 Å². The maximum Gasteiger partial charge on any atom is 0.306 e. The Bertz CT molecular complexity index is 603. The molecule has 1 aliphatic rings. The van der Waals surface area contributed by atoms with Crippen LogP contribution in [0.5, 0.6) is 5.75 Å². The fourth-order valence-electron chi connectivity index (χ4n) is 3.33. The fraction of sp³-hybridized carbons (Fsp3) is 0.556. The second-order valence-electron chi connectivity index (χ2n) is 6.35. The lowest BCUT2D eigenvalue weighted by atomic mass is 9.93. The van der Waals surface area contributed by atoms with Crippen LogP contribution in [-0.4, -0.2) is 48.0 Å². The molecule has 0 bridgehead atoms. The number of carbonyl (C=O) groups is 2. The van der Waals surface area contributed by atoms with Crippen LogP contribution >= 0.6 is 0 Å². The standard InChI is InChI=1S/C18H25NO4/c1-11-9-12(2)17(23-4)15(10-11)16(20)13(3)19-7-5-14(6-8-19)18(21)22/h9-10,13-14H,5-8H2,1-4H3,(H,21,22). The van der Waals surface area contributed by atoms with Gasteiger partial charge in [0, 0.05) is 0 Å². The smallest absolute Gasteiger partial charge is 0.306 e. The Labute approximate surface area is 137 Å². The summed E-state index contributed by atoms with van der Waals surface area (Å²) in [4.78, 5) is 26.0. The third-order valence-electron chi connectivity index (χ3n) is 4.69. The van der Waals surface area contributed by atoms with Gasteiger partial charge in [0.25, 0.3) is 0 Å². The lowest BCUT2D eigenvalue weighted by Gasteiger charge is -2.34. The van der Waals surface area contributed by atoms with Crippen molar-refractivity contribution in [2.45, 2.75) is 39.7 Å². The molecule has 126 valence electrons. The van der Waals surface area contributed by atoms with Gasteiger partial charge in [0.1, 0.15) is 5.75 Å². The van der Waals surface area contributed by atoms with Crippen molar-refractivity contribution >= 4 is 11.8 Å². The molecular weight excluding hydrogens is 294 g/mol. The van der Waals surface area contributed by atoms with E-state index in [1.807, 2.05) is 32.9 Å². The maximum atomic E-state index is 12.9. The number of carbonyl (C=O) groups excluding carboxylic acids is 1. The van der Waals surface area contributed by atoms with Gasteiger partial charge in [0.15, 0.2) is 5.78 Å². The van der Waals surface area contributed by atoms with Crippen LogP contribution < -0.4 is 4.74 Å². The number of benzene rings is 1. The summed E-state index contributed by atoms with van der Waals surface area (Å²) >= 11 is 0. The van der Waals surface area contributed by atoms with E-state index in [1.165, 1.54) is 0 Å². The molecule has 0 saturated carbocycles. The van der Waals surface area contributed by atoms with E-state index in [0.29, 0.717) is 37.2 Å². The van der Waals surface area contributed by atoms with E-state index in [2.05, 4.69) is 4.90 Å². The lowest BCUT2D eigenvalue weighted by molar-refractivity contribution is -0.143. The Morgan fingerprint density at radius 1 is 1.26 bits per heavy atom. The first-order valence-electron chi connectivity index (χ1n) is 8.01. The number of rotatable bonds is 5. The first kappa shape index (κ1) is 17.5. The Morgan fingerprint density at radius 2 is 1.87 bits per heavy atom. The van der Waals surface area contributed by atoms with Gasteiger partial charge in [-0.15, -0.1) is 0 Å². The molecule has 1 atom stereocenters. The van der Waals surface area contributed by atoms with Gasteiger partial charge in [0.2, 0.25) is 0 Å². The zero-order chi connectivity index (χ0) is 17.1. The molecule has 0 aliphatic carbocycles. The van der Waals surface area contributed by atoms with Gasteiger partial charge >= 0.3 is 5.97 Å². The Balaban J connectivity index is 2.16. The molecule has 1 aliphatic heterocycles. The number of hydrogen-bond donors (Lipinski definition) is 1. The largest absolute Gasteiger partial charge is 0.496 e. The summed E-state index contributed by atoms with van der Waals surface area (Å²) in [5, 5.41) is 9.08. The highest BCUT2D eigenvalue weighted by Crippen LogP contribution is 2.28. The summed E-state index contributed by atoms with van der Waals surface area (Å²) < 4.78 is 5.42. The number of likely N-dealkylation sites (tertiary alicyclic amines) is 1. The monoisotopic (exact) mass is 319 g/mol. The zero-order valence-corrected chi connectivity index (χ0v) is 14.3. The Morgan fingerprint density at radius 3 is 2.39 bits per heavy atom. The van der Waals surface area contributed by atoms with E-state index in [9.17, 15) is 9.59 Å². The molecule has 0 aromatic heterocycles. The molecule has 1 saturated heterocycles. The van der Waals surface area contributed by atoms with Crippen molar-refractivity contribution in [3.05, 3.63) is 28.8 Å². The summed E-state index contributed by atoms with van der Waals surface area (Å²) in [5.74, 6) is -0.362. The first-order chi connectivity index (χ1) is 10.8. The van der Waals surface area contributed by atoms with E-state index in [0.717, 1.165) is 11.1 Å². The minimum atomic E-state index is -0.736. The van der Waals surface area contributed by atoms with Gasteiger partial charge in [-0.2, -0.15) is 0 Å². The number of nitrogens with zero attached hydrogens (tertiary/aromatic N) is 1. The quantitative estimate of drug-likeness (QED) is 0.845. The number of piperidine rings is 1. The van der Waals surface area contributed by atoms with Crippen molar-refractivity contribution in [3.8, 4) is 5.75 Å². The molecule has 23 heavy (non-hydrogen) atoms. The van der Waals surface area contributed by atoms with E-state index in [4.69, 9.17) is 9.84 Å². The molecule has 1 heterocycles. The second kappa shape index (κ2) is 7.13. The number of aryl methyl sites for hydroxylation is 2. The van der Waals surface area contributed by atoms with E-state index >= 15 is 0 Å². The molecule has 2 rings (SSSR count). The molecule has 1 aromatic carbocycles. The normalized spacial score (nSPS) is 17.7. The maximum absolute atomic E-state index is 12.9. The topological polar surface area (TPSA) is 66.8 Å². The summed E-state index contributed by atoms with van der Waals surface area (Å²) in [7, 11) is 1.58. The Hall–Kier alpha value is -1.88. The zero-order valence-electron chi connectivity index (χ0n) is 14.3. The van der Waals surface area contributed by atoms with Crippen LogP contribution in [-0.2, 0) is 4.79 Å². The highest BCUT2D eigenvalue weighted by Gasteiger charge is 2.31. The highest BCUT2D eigenvalue weighted by molar-refractivity contribution is 6.02. The molecule has 0 radical (unpaired) electrons. The minimum Gasteiger partial charge on any atom is -0.496 e. The third kappa shape index (κ3) is 3.72. The number of carboxylic acids is 1. The van der Waals surface area contributed by atoms with E-state index in [-0.39, 0.29) is 17.7 Å². The highest BCUT2D eigenvalue weighted by atomic mass is 16.5. The summed E-state index contributed by atoms with van der Waals surface area (Å²) in [6.45, 7) is 7.06. The van der Waals surface area contributed by atoms with Crippen LogP contribution in [0.25, 0.3) is 0 Å². The molecule has 0 spiro atoms. The molecule has 1 N–H and O–H groups in total. The van der Waals surface area contributed by atoms with Gasteiger partial charge in [0.05, 0.1) is 24.6 Å². The molecule has 5 nitrogen and oxygen atoms in total. The van der Waals surface area contributed by atoms with E-state index < -0.39 is 5.97 Å². The first-order valence-corrected chi connectivity index (χ1v) is 8.01. The van der Waals surface area contributed by atoms with Gasteiger partial charge in [-0.1, -0.05) is 6.07 Å². The van der Waals surface area contributed by atoms with Crippen LogP contribution in [0.3, 0.4) is 0 Å². The lowest BCUT2D eigenvalue weighted by Crippen LogP contribution is -2.45. The predicted molar refractivity (Wildman–Crippen MR) is 88.2 cm³/mol. The van der Waals surface area contributed by atoms with Gasteiger partial charge in [-0.05, 0) is 63.9 Å². The summed E-state index contributed by atoms with van der Waals surface area (Å²) in [6, 6.07) is 3.59.